The zero-order chi connectivity index (χ0) is 16.1. The van der Waals surface area contributed by atoms with E-state index in [4.69, 9.17) is 4.74 Å². The number of hydrogen-bond acceptors (Lipinski definition) is 6. The van der Waals surface area contributed by atoms with Crippen LogP contribution >= 0.6 is 0 Å². The first-order valence-electron chi connectivity index (χ1n) is 7.04. The van der Waals surface area contributed by atoms with Crippen LogP contribution in [-0.2, 0) is 6.42 Å². The van der Waals surface area contributed by atoms with Crippen molar-refractivity contribution < 1.29 is 9.53 Å². The van der Waals surface area contributed by atoms with Gasteiger partial charge in [0.2, 0.25) is 0 Å². The molecule has 3 aromatic heterocycles. The standard InChI is InChI=1S/C17H14N4O2/c1-12-2-3-13(21-8-12)6-17(22)16-7-14(4-5-20-16)23-15-9-18-11-19-10-15/h2-5,7-11H,6H2,1H3. The summed E-state index contributed by atoms with van der Waals surface area (Å²) in [5.41, 5.74) is 2.10. The molecule has 0 aliphatic heterocycles. The molecule has 3 heterocycles. The molecule has 0 amide bonds. The Morgan fingerprint density at radius 2 is 1.87 bits per heavy atom. The van der Waals surface area contributed by atoms with Crippen LogP contribution in [0.5, 0.6) is 11.5 Å². The summed E-state index contributed by atoms with van der Waals surface area (Å²) in [5, 5.41) is 0. The minimum absolute atomic E-state index is 0.115. The van der Waals surface area contributed by atoms with Gasteiger partial charge in [-0.3, -0.25) is 14.8 Å². The molecule has 3 rings (SSSR count). The van der Waals surface area contributed by atoms with E-state index in [1.54, 1.807) is 30.7 Å². The van der Waals surface area contributed by atoms with E-state index in [0.29, 0.717) is 22.9 Å². The molecule has 0 bridgehead atoms. The number of rotatable bonds is 5. The topological polar surface area (TPSA) is 77.9 Å². The first kappa shape index (κ1) is 14.8. The predicted molar refractivity (Wildman–Crippen MR) is 83.4 cm³/mol. The lowest BCUT2D eigenvalue weighted by Crippen LogP contribution is -2.07. The summed E-state index contributed by atoms with van der Waals surface area (Å²) in [6.07, 6.45) is 7.99. The van der Waals surface area contributed by atoms with Gasteiger partial charge in [-0.15, -0.1) is 0 Å². The zero-order valence-corrected chi connectivity index (χ0v) is 12.5. The largest absolute Gasteiger partial charge is 0.454 e. The highest BCUT2D eigenvalue weighted by Gasteiger charge is 2.11. The molecule has 0 aromatic carbocycles. The maximum Gasteiger partial charge on any atom is 0.187 e. The molecular formula is C17H14N4O2. The molecule has 0 saturated carbocycles. The minimum atomic E-state index is -0.115. The number of pyridine rings is 2. The first-order chi connectivity index (χ1) is 11.2. The van der Waals surface area contributed by atoms with Gasteiger partial charge in [-0.05, 0) is 24.6 Å². The highest BCUT2D eigenvalue weighted by Crippen LogP contribution is 2.20. The van der Waals surface area contributed by atoms with Crippen molar-refractivity contribution in [3.05, 3.63) is 72.3 Å². The second-order valence-corrected chi connectivity index (χ2v) is 4.98. The molecule has 0 N–H and O–H groups in total. The summed E-state index contributed by atoms with van der Waals surface area (Å²) in [6, 6.07) is 7.05. The molecule has 0 spiro atoms. The Morgan fingerprint density at radius 3 is 2.61 bits per heavy atom. The van der Waals surface area contributed by atoms with E-state index in [9.17, 15) is 4.79 Å². The fraction of sp³-hybridized carbons (Fsp3) is 0.118. The van der Waals surface area contributed by atoms with E-state index in [1.807, 2.05) is 19.1 Å². The van der Waals surface area contributed by atoms with Gasteiger partial charge in [0, 0.05) is 24.2 Å². The number of carbonyl (C=O) groups excluding carboxylic acids is 1. The Hall–Kier alpha value is -3.15. The fourth-order valence-electron chi connectivity index (χ4n) is 1.96. The molecule has 0 saturated heterocycles. The average molecular weight is 306 g/mol. The van der Waals surface area contributed by atoms with Crippen LogP contribution in [0.1, 0.15) is 21.7 Å². The Bertz CT molecular complexity index is 804. The smallest absolute Gasteiger partial charge is 0.187 e. The normalized spacial score (nSPS) is 10.3. The van der Waals surface area contributed by atoms with Crippen LogP contribution in [0, 0.1) is 6.92 Å². The Morgan fingerprint density at radius 1 is 1.04 bits per heavy atom. The van der Waals surface area contributed by atoms with E-state index >= 15 is 0 Å². The van der Waals surface area contributed by atoms with Gasteiger partial charge < -0.3 is 4.74 Å². The lowest BCUT2D eigenvalue weighted by molar-refractivity contribution is 0.0987. The Kier molecular flexibility index (Phi) is 4.33. The number of Topliss-reactive ketones (excluding diaryl/α,β-unsaturated/α-hetero) is 1. The second kappa shape index (κ2) is 6.74. The van der Waals surface area contributed by atoms with E-state index in [1.165, 1.54) is 12.5 Å². The fourth-order valence-corrected chi connectivity index (χ4v) is 1.96. The number of hydrogen-bond donors (Lipinski definition) is 0. The van der Waals surface area contributed by atoms with Gasteiger partial charge in [-0.1, -0.05) is 6.07 Å². The van der Waals surface area contributed by atoms with Crippen molar-refractivity contribution in [1.82, 2.24) is 19.9 Å². The molecule has 0 unspecified atom stereocenters. The van der Waals surface area contributed by atoms with Crippen LogP contribution in [-0.4, -0.2) is 25.7 Å². The van der Waals surface area contributed by atoms with Crippen molar-refractivity contribution in [2.75, 3.05) is 0 Å². The lowest BCUT2D eigenvalue weighted by atomic mass is 10.1. The molecule has 114 valence electrons. The molecule has 0 atom stereocenters. The van der Waals surface area contributed by atoms with Gasteiger partial charge >= 0.3 is 0 Å². The third-order valence-electron chi connectivity index (χ3n) is 3.10. The van der Waals surface area contributed by atoms with Gasteiger partial charge in [0.05, 0.1) is 18.8 Å². The Balaban J connectivity index is 1.73. The van der Waals surface area contributed by atoms with Crippen molar-refractivity contribution in [2.45, 2.75) is 13.3 Å². The van der Waals surface area contributed by atoms with E-state index in [2.05, 4.69) is 19.9 Å². The number of aromatic nitrogens is 4. The van der Waals surface area contributed by atoms with Crippen LogP contribution in [0.25, 0.3) is 0 Å². The molecule has 6 nitrogen and oxygen atoms in total. The summed E-state index contributed by atoms with van der Waals surface area (Å²) < 4.78 is 5.60. The van der Waals surface area contributed by atoms with Crippen molar-refractivity contribution >= 4 is 5.78 Å². The van der Waals surface area contributed by atoms with Crippen LogP contribution in [0.4, 0.5) is 0 Å². The van der Waals surface area contributed by atoms with E-state index < -0.39 is 0 Å². The van der Waals surface area contributed by atoms with Gasteiger partial charge in [-0.2, -0.15) is 0 Å². The predicted octanol–water partition coefficient (Wildman–Crippen LogP) is 2.79. The van der Waals surface area contributed by atoms with E-state index in [0.717, 1.165) is 5.56 Å². The average Bonchev–Trinajstić information content (AvgIpc) is 2.58. The molecule has 23 heavy (non-hydrogen) atoms. The van der Waals surface area contributed by atoms with Crippen LogP contribution in [0.2, 0.25) is 0 Å². The molecule has 0 radical (unpaired) electrons. The van der Waals surface area contributed by atoms with Crippen molar-refractivity contribution in [2.24, 2.45) is 0 Å². The number of aryl methyl sites for hydroxylation is 1. The summed E-state index contributed by atoms with van der Waals surface area (Å²) in [4.78, 5) is 28.4. The number of ether oxygens (including phenoxy) is 1. The second-order valence-electron chi connectivity index (χ2n) is 4.98. The van der Waals surface area contributed by atoms with Crippen LogP contribution in [0.15, 0.2) is 55.4 Å². The summed E-state index contributed by atoms with van der Waals surface area (Å²) in [5.74, 6) is 0.892. The molecule has 0 fully saturated rings. The van der Waals surface area contributed by atoms with Crippen molar-refractivity contribution in [3.63, 3.8) is 0 Å². The van der Waals surface area contributed by atoms with Gasteiger partial charge in [-0.25, -0.2) is 9.97 Å². The molecule has 0 aliphatic carbocycles. The van der Waals surface area contributed by atoms with Gasteiger partial charge in [0.15, 0.2) is 11.5 Å². The third-order valence-corrected chi connectivity index (χ3v) is 3.10. The van der Waals surface area contributed by atoms with Crippen molar-refractivity contribution in [1.29, 1.82) is 0 Å². The molecular weight excluding hydrogens is 292 g/mol. The van der Waals surface area contributed by atoms with Crippen LogP contribution in [0.3, 0.4) is 0 Å². The third kappa shape index (κ3) is 3.94. The lowest BCUT2D eigenvalue weighted by Gasteiger charge is -2.06. The van der Waals surface area contributed by atoms with Gasteiger partial charge in [0.25, 0.3) is 0 Å². The quantitative estimate of drug-likeness (QED) is 0.674. The van der Waals surface area contributed by atoms with Crippen LogP contribution < -0.4 is 4.74 Å². The summed E-state index contributed by atoms with van der Waals surface area (Å²) in [6.45, 7) is 1.95. The molecule has 0 aliphatic rings. The van der Waals surface area contributed by atoms with E-state index in [-0.39, 0.29) is 12.2 Å². The summed E-state index contributed by atoms with van der Waals surface area (Å²) in [7, 11) is 0. The van der Waals surface area contributed by atoms with Gasteiger partial charge in [0.1, 0.15) is 17.8 Å². The minimum Gasteiger partial charge on any atom is -0.454 e. The first-order valence-corrected chi connectivity index (χ1v) is 7.04. The molecule has 6 heteroatoms. The number of ketones is 1. The highest BCUT2D eigenvalue weighted by atomic mass is 16.5. The monoisotopic (exact) mass is 306 g/mol. The maximum absolute atomic E-state index is 12.3. The SMILES string of the molecule is Cc1ccc(CC(=O)c2cc(Oc3cncnc3)ccn2)nc1. The maximum atomic E-state index is 12.3. The van der Waals surface area contributed by atoms with Crippen molar-refractivity contribution in [3.8, 4) is 11.5 Å². The Labute approximate surface area is 133 Å². The molecule has 3 aromatic rings. The number of carbonyl (C=O) groups is 1. The summed E-state index contributed by atoms with van der Waals surface area (Å²) >= 11 is 0. The zero-order valence-electron chi connectivity index (χ0n) is 12.5. The number of nitrogens with zero attached hydrogens (tertiary/aromatic N) is 4. The highest BCUT2D eigenvalue weighted by molar-refractivity contribution is 5.95.